The highest BCUT2D eigenvalue weighted by molar-refractivity contribution is 5.85. The van der Waals surface area contributed by atoms with Gasteiger partial charge in [0, 0.05) is 5.92 Å². The SMILES string of the molecule is C[C@H](c1ccccc1)[C@@H]1NC(C)(C)NC1=O. The van der Waals surface area contributed by atoms with Crippen LogP contribution >= 0.6 is 0 Å². The third kappa shape index (κ3) is 2.09. The van der Waals surface area contributed by atoms with E-state index in [0.717, 1.165) is 0 Å². The molecule has 1 saturated heterocycles. The van der Waals surface area contributed by atoms with E-state index >= 15 is 0 Å². The second-order valence-corrected chi connectivity index (χ2v) is 4.94. The third-order valence-electron chi connectivity index (χ3n) is 3.06. The molecule has 0 aliphatic carbocycles. The van der Waals surface area contributed by atoms with E-state index in [-0.39, 0.29) is 23.5 Å². The Morgan fingerprint density at radius 2 is 1.88 bits per heavy atom. The normalized spacial score (nSPS) is 25.2. The lowest BCUT2D eigenvalue weighted by Gasteiger charge is -2.21. The van der Waals surface area contributed by atoms with Crippen molar-refractivity contribution in [2.75, 3.05) is 0 Å². The number of rotatable bonds is 2. The molecule has 3 nitrogen and oxygen atoms in total. The lowest BCUT2D eigenvalue weighted by atomic mass is 9.93. The Balaban J connectivity index is 2.18. The minimum Gasteiger partial charge on any atom is -0.337 e. The minimum atomic E-state index is -0.301. The molecular weight excluding hydrogens is 200 g/mol. The van der Waals surface area contributed by atoms with Gasteiger partial charge < -0.3 is 5.32 Å². The van der Waals surface area contributed by atoms with Gasteiger partial charge in [0.2, 0.25) is 5.91 Å². The van der Waals surface area contributed by atoms with Crippen LogP contribution in [0.3, 0.4) is 0 Å². The van der Waals surface area contributed by atoms with Crippen molar-refractivity contribution >= 4 is 5.91 Å². The van der Waals surface area contributed by atoms with Crippen molar-refractivity contribution in [1.29, 1.82) is 0 Å². The molecule has 1 fully saturated rings. The summed E-state index contributed by atoms with van der Waals surface area (Å²) in [6.07, 6.45) is 0. The van der Waals surface area contributed by atoms with Gasteiger partial charge >= 0.3 is 0 Å². The van der Waals surface area contributed by atoms with E-state index in [9.17, 15) is 4.79 Å². The van der Waals surface area contributed by atoms with E-state index in [1.807, 2.05) is 32.0 Å². The quantitative estimate of drug-likeness (QED) is 0.792. The number of hydrogen-bond donors (Lipinski definition) is 2. The van der Waals surface area contributed by atoms with E-state index in [4.69, 9.17) is 0 Å². The number of carbonyl (C=O) groups is 1. The van der Waals surface area contributed by atoms with Crippen LogP contribution in [0.25, 0.3) is 0 Å². The van der Waals surface area contributed by atoms with Crippen molar-refractivity contribution < 1.29 is 4.79 Å². The van der Waals surface area contributed by atoms with Crippen LogP contribution in [-0.4, -0.2) is 17.6 Å². The highest BCUT2D eigenvalue weighted by Crippen LogP contribution is 2.23. The van der Waals surface area contributed by atoms with Crippen LogP contribution in [0.1, 0.15) is 32.3 Å². The maximum absolute atomic E-state index is 11.8. The zero-order chi connectivity index (χ0) is 11.8. The molecule has 0 spiro atoms. The molecule has 1 heterocycles. The molecule has 1 aromatic carbocycles. The van der Waals surface area contributed by atoms with E-state index in [1.165, 1.54) is 5.56 Å². The van der Waals surface area contributed by atoms with Gasteiger partial charge in [0.1, 0.15) is 0 Å². The largest absolute Gasteiger partial charge is 0.337 e. The first-order valence-electron chi connectivity index (χ1n) is 5.64. The molecule has 0 radical (unpaired) electrons. The standard InChI is InChI=1S/C13H18N2O/c1-9(10-7-5-4-6-8-10)11-12(16)15-13(2,3)14-11/h4-9,11,14H,1-3H3,(H,15,16)/t9-,11+/m1/s1. The summed E-state index contributed by atoms with van der Waals surface area (Å²) in [7, 11) is 0. The molecule has 0 unspecified atom stereocenters. The molecule has 1 amide bonds. The highest BCUT2D eigenvalue weighted by atomic mass is 16.2. The summed E-state index contributed by atoms with van der Waals surface area (Å²) in [5, 5.41) is 6.26. The molecule has 86 valence electrons. The maximum atomic E-state index is 11.8. The zero-order valence-electron chi connectivity index (χ0n) is 9.95. The summed E-state index contributed by atoms with van der Waals surface area (Å²) >= 11 is 0. The summed E-state index contributed by atoms with van der Waals surface area (Å²) in [5.41, 5.74) is 0.887. The topological polar surface area (TPSA) is 41.1 Å². The summed E-state index contributed by atoms with van der Waals surface area (Å²) in [6.45, 7) is 6.03. The first-order valence-corrected chi connectivity index (χ1v) is 5.64. The van der Waals surface area contributed by atoms with Gasteiger partial charge in [-0.05, 0) is 19.4 Å². The minimum absolute atomic E-state index is 0.0846. The molecule has 0 saturated carbocycles. The number of hydrogen-bond acceptors (Lipinski definition) is 2. The molecule has 2 rings (SSSR count). The molecule has 0 bridgehead atoms. The van der Waals surface area contributed by atoms with Crippen LogP contribution in [-0.2, 0) is 4.79 Å². The van der Waals surface area contributed by atoms with Gasteiger partial charge in [-0.15, -0.1) is 0 Å². The van der Waals surface area contributed by atoms with E-state index in [0.29, 0.717) is 0 Å². The van der Waals surface area contributed by atoms with E-state index < -0.39 is 0 Å². The van der Waals surface area contributed by atoms with Crippen LogP contribution in [0.4, 0.5) is 0 Å². The number of benzene rings is 1. The van der Waals surface area contributed by atoms with E-state index in [2.05, 4.69) is 29.7 Å². The average molecular weight is 218 g/mol. The fraction of sp³-hybridized carbons (Fsp3) is 0.462. The lowest BCUT2D eigenvalue weighted by molar-refractivity contribution is -0.121. The van der Waals surface area contributed by atoms with Crippen molar-refractivity contribution in [1.82, 2.24) is 10.6 Å². The van der Waals surface area contributed by atoms with Gasteiger partial charge in [0.05, 0.1) is 11.7 Å². The molecule has 2 atom stereocenters. The van der Waals surface area contributed by atoms with Gasteiger partial charge in [-0.3, -0.25) is 10.1 Å². The predicted octanol–water partition coefficient (Wildman–Crippen LogP) is 1.61. The van der Waals surface area contributed by atoms with Crippen molar-refractivity contribution in [3.05, 3.63) is 35.9 Å². The Kier molecular flexibility index (Phi) is 2.72. The van der Waals surface area contributed by atoms with Gasteiger partial charge in [0.25, 0.3) is 0 Å². The van der Waals surface area contributed by atoms with E-state index in [1.54, 1.807) is 0 Å². The molecule has 1 aliphatic heterocycles. The molecule has 1 aliphatic rings. The molecule has 2 N–H and O–H groups in total. The summed E-state index contributed by atoms with van der Waals surface area (Å²) in [6, 6.07) is 9.98. The van der Waals surface area contributed by atoms with Gasteiger partial charge in [-0.25, -0.2) is 0 Å². The van der Waals surface area contributed by atoms with Crippen LogP contribution in [0.15, 0.2) is 30.3 Å². The van der Waals surface area contributed by atoms with Crippen LogP contribution in [0, 0.1) is 0 Å². The Hall–Kier alpha value is -1.35. The number of carbonyl (C=O) groups excluding carboxylic acids is 1. The smallest absolute Gasteiger partial charge is 0.239 e. The number of amides is 1. The second kappa shape index (κ2) is 3.91. The molecular formula is C13H18N2O. The van der Waals surface area contributed by atoms with Crippen LogP contribution < -0.4 is 10.6 Å². The second-order valence-electron chi connectivity index (χ2n) is 4.94. The molecule has 16 heavy (non-hydrogen) atoms. The van der Waals surface area contributed by atoms with Gasteiger partial charge in [0.15, 0.2) is 0 Å². The third-order valence-corrected chi connectivity index (χ3v) is 3.06. The number of nitrogens with one attached hydrogen (secondary N) is 2. The fourth-order valence-electron chi connectivity index (χ4n) is 2.18. The zero-order valence-corrected chi connectivity index (χ0v) is 9.95. The Labute approximate surface area is 96.2 Å². The first-order chi connectivity index (χ1) is 7.49. The first kappa shape index (κ1) is 11.1. The Morgan fingerprint density at radius 1 is 1.25 bits per heavy atom. The summed E-state index contributed by atoms with van der Waals surface area (Å²) < 4.78 is 0. The molecule has 1 aromatic rings. The Morgan fingerprint density at radius 3 is 2.38 bits per heavy atom. The average Bonchev–Trinajstić information content (AvgIpc) is 2.52. The molecule has 3 heteroatoms. The van der Waals surface area contributed by atoms with Crippen molar-refractivity contribution in [3.8, 4) is 0 Å². The monoisotopic (exact) mass is 218 g/mol. The Bertz CT molecular complexity index is 386. The lowest BCUT2D eigenvalue weighted by Crippen LogP contribution is -2.44. The van der Waals surface area contributed by atoms with Crippen molar-refractivity contribution in [2.45, 2.75) is 38.4 Å². The van der Waals surface area contributed by atoms with Gasteiger partial charge in [-0.2, -0.15) is 0 Å². The van der Waals surface area contributed by atoms with Crippen LogP contribution in [0.5, 0.6) is 0 Å². The van der Waals surface area contributed by atoms with Gasteiger partial charge in [-0.1, -0.05) is 37.3 Å². The van der Waals surface area contributed by atoms with Crippen molar-refractivity contribution in [2.24, 2.45) is 0 Å². The summed E-state index contributed by atoms with van der Waals surface area (Å²) in [4.78, 5) is 11.8. The summed E-state index contributed by atoms with van der Waals surface area (Å²) in [5.74, 6) is 0.268. The highest BCUT2D eigenvalue weighted by Gasteiger charge is 2.39. The van der Waals surface area contributed by atoms with Crippen molar-refractivity contribution in [3.63, 3.8) is 0 Å². The maximum Gasteiger partial charge on any atom is 0.239 e. The predicted molar refractivity (Wildman–Crippen MR) is 64.0 cm³/mol. The fourth-order valence-corrected chi connectivity index (χ4v) is 2.18. The molecule has 0 aromatic heterocycles. The van der Waals surface area contributed by atoms with Crippen LogP contribution in [0.2, 0.25) is 0 Å².